The number of methoxy groups -OCH3 is 2. The summed E-state index contributed by atoms with van der Waals surface area (Å²) in [5.74, 6) is -0.399. The first-order valence-electron chi connectivity index (χ1n) is 11.5. The number of carbonyl (C=O) groups is 3. The first-order chi connectivity index (χ1) is 16.5. The fraction of sp³-hybridized carbons (Fsp3) is 0.440. The second kappa shape index (κ2) is 12.6. The van der Waals surface area contributed by atoms with E-state index >= 15 is 0 Å². The minimum absolute atomic E-state index is 0.0911. The molecule has 0 spiro atoms. The maximum Gasteiger partial charge on any atom is 0.257 e. The summed E-state index contributed by atoms with van der Waals surface area (Å²) in [5, 5.41) is 5.63. The van der Waals surface area contributed by atoms with Gasteiger partial charge in [-0.25, -0.2) is 0 Å². The number of benzene rings is 1. The van der Waals surface area contributed by atoms with Crippen molar-refractivity contribution in [3.8, 4) is 11.8 Å². The molecule has 0 radical (unpaired) electrons. The fourth-order valence-electron chi connectivity index (χ4n) is 3.99. The average molecular weight is 469 g/mol. The van der Waals surface area contributed by atoms with Crippen molar-refractivity contribution >= 4 is 17.7 Å². The number of rotatable bonds is 6. The Kier molecular flexibility index (Phi) is 9.25. The Balaban J connectivity index is 1.78. The molecule has 1 saturated heterocycles. The molecule has 2 aromatic rings. The zero-order chi connectivity index (χ0) is 24.3. The standard InChI is InChI=1S/C25H32N4O5/c1-33-22-13-12-19(25(28-22)34-2)24(32)27-17-23(31)29-15-9-4-3-8-14-26-21(30)16-20(29)18-10-6-5-7-11-18/h5-7,10-13,20H,3-4,8-9,14-17H2,1-2H3,(H,26,30)(H,27,32). The van der Waals surface area contributed by atoms with E-state index in [1.54, 1.807) is 11.0 Å². The van der Waals surface area contributed by atoms with Gasteiger partial charge in [-0.05, 0) is 24.5 Å². The number of nitrogens with zero attached hydrogens (tertiary/aromatic N) is 2. The van der Waals surface area contributed by atoms with E-state index in [4.69, 9.17) is 9.47 Å². The van der Waals surface area contributed by atoms with Gasteiger partial charge in [0.15, 0.2) is 0 Å². The van der Waals surface area contributed by atoms with Crippen LogP contribution in [0.25, 0.3) is 0 Å². The number of aromatic nitrogens is 1. The summed E-state index contributed by atoms with van der Waals surface area (Å²) < 4.78 is 10.3. The van der Waals surface area contributed by atoms with Gasteiger partial charge in [-0.2, -0.15) is 4.98 Å². The van der Waals surface area contributed by atoms with Gasteiger partial charge in [0, 0.05) is 19.2 Å². The Morgan fingerprint density at radius 3 is 2.56 bits per heavy atom. The lowest BCUT2D eigenvalue weighted by Gasteiger charge is -2.32. The molecule has 0 aliphatic carbocycles. The molecule has 1 aliphatic heterocycles. The molecule has 1 aromatic carbocycles. The van der Waals surface area contributed by atoms with Crippen LogP contribution in [-0.2, 0) is 9.59 Å². The van der Waals surface area contributed by atoms with Crippen molar-refractivity contribution < 1.29 is 23.9 Å². The van der Waals surface area contributed by atoms with Gasteiger partial charge in [-0.3, -0.25) is 14.4 Å². The van der Waals surface area contributed by atoms with E-state index in [0.717, 1.165) is 31.2 Å². The van der Waals surface area contributed by atoms with Gasteiger partial charge < -0.3 is 25.0 Å². The number of hydrogen-bond acceptors (Lipinski definition) is 6. The normalized spacial score (nSPS) is 17.2. The largest absolute Gasteiger partial charge is 0.481 e. The van der Waals surface area contributed by atoms with E-state index in [1.165, 1.54) is 20.3 Å². The SMILES string of the molecule is COc1ccc(C(=O)NCC(=O)N2CCCCCCNC(=O)CC2c2ccccc2)c(OC)n1. The molecule has 1 aliphatic rings. The summed E-state index contributed by atoms with van der Waals surface area (Å²) in [4.78, 5) is 44.5. The van der Waals surface area contributed by atoms with E-state index in [1.807, 2.05) is 30.3 Å². The minimum Gasteiger partial charge on any atom is -0.481 e. The van der Waals surface area contributed by atoms with Crippen molar-refractivity contribution in [2.24, 2.45) is 0 Å². The highest BCUT2D eigenvalue weighted by Gasteiger charge is 2.28. The van der Waals surface area contributed by atoms with Crippen LogP contribution in [-0.4, -0.2) is 61.5 Å². The van der Waals surface area contributed by atoms with Gasteiger partial charge in [0.1, 0.15) is 5.56 Å². The van der Waals surface area contributed by atoms with Gasteiger partial charge in [0.25, 0.3) is 5.91 Å². The Bertz CT molecular complexity index is 983. The van der Waals surface area contributed by atoms with Crippen molar-refractivity contribution in [1.29, 1.82) is 0 Å². The maximum atomic E-state index is 13.3. The Morgan fingerprint density at radius 2 is 1.82 bits per heavy atom. The smallest absolute Gasteiger partial charge is 0.257 e. The third-order valence-electron chi connectivity index (χ3n) is 5.79. The summed E-state index contributed by atoms with van der Waals surface area (Å²) in [6, 6.07) is 12.2. The molecule has 1 fully saturated rings. The van der Waals surface area contributed by atoms with Crippen molar-refractivity contribution in [2.75, 3.05) is 33.9 Å². The summed E-state index contributed by atoms with van der Waals surface area (Å²) in [6.07, 6.45) is 3.86. The Morgan fingerprint density at radius 1 is 1.06 bits per heavy atom. The zero-order valence-electron chi connectivity index (χ0n) is 19.7. The molecule has 182 valence electrons. The molecular weight excluding hydrogens is 436 g/mol. The average Bonchev–Trinajstić information content (AvgIpc) is 2.91. The molecular formula is C25H32N4O5. The zero-order valence-corrected chi connectivity index (χ0v) is 19.7. The van der Waals surface area contributed by atoms with Gasteiger partial charge >= 0.3 is 0 Å². The maximum absolute atomic E-state index is 13.3. The second-order valence-electron chi connectivity index (χ2n) is 8.08. The van der Waals surface area contributed by atoms with E-state index in [-0.39, 0.29) is 36.2 Å². The molecule has 0 bridgehead atoms. The van der Waals surface area contributed by atoms with Crippen molar-refractivity contribution in [2.45, 2.75) is 38.1 Å². The summed E-state index contributed by atoms with van der Waals surface area (Å²) >= 11 is 0. The minimum atomic E-state index is -0.479. The molecule has 2 N–H and O–H groups in total. The highest BCUT2D eigenvalue weighted by molar-refractivity contribution is 5.98. The Hall–Kier alpha value is -3.62. The van der Waals surface area contributed by atoms with Gasteiger partial charge in [-0.1, -0.05) is 43.2 Å². The Labute approximate surface area is 199 Å². The molecule has 9 nitrogen and oxygen atoms in total. The molecule has 1 atom stereocenters. The third kappa shape index (κ3) is 6.69. The van der Waals surface area contributed by atoms with Crippen LogP contribution in [0.4, 0.5) is 0 Å². The van der Waals surface area contributed by atoms with Crippen molar-refractivity contribution in [1.82, 2.24) is 20.5 Å². The molecule has 3 amide bonds. The van der Waals surface area contributed by atoms with Crippen LogP contribution in [0, 0.1) is 0 Å². The number of amides is 3. The number of nitrogens with one attached hydrogen (secondary N) is 2. The number of ether oxygens (including phenoxy) is 2. The van der Waals surface area contributed by atoms with Crippen LogP contribution in [0.5, 0.6) is 11.8 Å². The van der Waals surface area contributed by atoms with Crippen LogP contribution >= 0.6 is 0 Å². The molecule has 1 unspecified atom stereocenters. The lowest BCUT2D eigenvalue weighted by molar-refractivity contribution is -0.134. The van der Waals surface area contributed by atoms with Gasteiger partial charge in [0.2, 0.25) is 23.6 Å². The number of carbonyl (C=O) groups excluding carboxylic acids is 3. The van der Waals surface area contributed by atoms with Crippen LogP contribution in [0.3, 0.4) is 0 Å². The van der Waals surface area contributed by atoms with Crippen molar-refractivity contribution in [3.63, 3.8) is 0 Å². The van der Waals surface area contributed by atoms with Crippen LogP contribution in [0.2, 0.25) is 0 Å². The molecule has 9 heteroatoms. The summed E-state index contributed by atoms with van der Waals surface area (Å²) in [5.41, 5.74) is 1.09. The molecule has 34 heavy (non-hydrogen) atoms. The van der Waals surface area contributed by atoms with Crippen LogP contribution < -0.4 is 20.1 Å². The van der Waals surface area contributed by atoms with Crippen LogP contribution in [0.1, 0.15) is 54.1 Å². The predicted octanol–water partition coefficient (Wildman–Crippen LogP) is 2.48. The van der Waals surface area contributed by atoms with E-state index in [2.05, 4.69) is 15.6 Å². The topological polar surface area (TPSA) is 110 Å². The highest BCUT2D eigenvalue weighted by atomic mass is 16.5. The number of pyridine rings is 1. The van der Waals surface area contributed by atoms with Crippen molar-refractivity contribution in [3.05, 3.63) is 53.6 Å². The lowest BCUT2D eigenvalue weighted by Crippen LogP contribution is -2.44. The first kappa shape index (κ1) is 25.0. The quantitative estimate of drug-likeness (QED) is 0.674. The predicted molar refractivity (Wildman–Crippen MR) is 127 cm³/mol. The molecule has 3 rings (SSSR count). The van der Waals surface area contributed by atoms with E-state index in [0.29, 0.717) is 19.0 Å². The first-order valence-corrected chi connectivity index (χ1v) is 11.5. The lowest BCUT2D eigenvalue weighted by atomic mass is 10.0. The van der Waals surface area contributed by atoms with E-state index < -0.39 is 11.9 Å². The monoisotopic (exact) mass is 468 g/mol. The summed E-state index contributed by atoms with van der Waals surface area (Å²) in [7, 11) is 2.88. The second-order valence-corrected chi connectivity index (χ2v) is 8.08. The fourth-order valence-corrected chi connectivity index (χ4v) is 3.99. The molecule has 1 aromatic heterocycles. The molecule has 2 heterocycles. The van der Waals surface area contributed by atoms with Crippen LogP contribution in [0.15, 0.2) is 42.5 Å². The summed E-state index contributed by atoms with van der Waals surface area (Å²) in [6.45, 7) is 0.940. The third-order valence-corrected chi connectivity index (χ3v) is 5.79. The van der Waals surface area contributed by atoms with E-state index in [9.17, 15) is 14.4 Å². The molecule has 0 saturated carbocycles. The highest BCUT2D eigenvalue weighted by Crippen LogP contribution is 2.26. The van der Waals surface area contributed by atoms with Gasteiger partial charge in [0.05, 0.1) is 33.2 Å². The number of hydrogen-bond donors (Lipinski definition) is 2. The van der Waals surface area contributed by atoms with Gasteiger partial charge in [-0.15, -0.1) is 0 Å².